The van der Waals surface area contributed by atoms with E-state index in [1.807, 2.05) is 0 Å². The summed E-state index contributed by atoms with van der Waals surface area (Å²) in [5.41, 5.74) is -10.5. The van der Waals surface area contributed by atoms with Crippen LogP contribution in [0.25, 0.3) is 0 Å². The van der Waals surface area contributed by atoms with Crippen LogP contribution in [0.3, 0.4) is 0 Å². The summed E-state index contributed by atoms with van der Waals surface area (Å²) >= 11 is 3.78. The second-order valence-corrected chi connectivity index (χ2v) is 11.8. The predicted octanol–water partition coefficient (Wildman–Crippen LogP) is 8.88. The van der Waals surface area contributed by atoms with Crippen LogP contribution in [-0.2, 0) is 15.3 Å². The van der Waals surface area contributed by atoms with Crippen LogP contribution >= 0.6 is 38.5 Å². The maximum atomic E-state index is 15.8. The van der Waals surface area contributed by atoms with E-state index in [1.54, 1.807) is 6.07 Å². The second kappa shape index (κ2) is 12.6. The lowest BCUT2D eigenvalue weighted by molar-refractivity contribution is -0.389. The van der Waals surface area contributed by atoms with Gasteiger partial charge in [-0.05, 0) is 87.8 Å². The van der Waals surface area contributed by atoms with Crippen LogP contribution in [-0.4, -0.2) is 36.1 Å². The summed E-state index contributed by atoms with van der Waals surface area (Å²) in [5, 5.41) is 2.40. The first-order valence-electron chi connectivity index (χ1n) is 12.6. The van der Waals surface area contributed by atoms with Gasteiger partial charge in [0.05, 0.1) is 17.2 Å². The Balaban J connectivity index is 1.71. The molecule has 1 fully saturated rings. The van der Waals surface area contributed by atoms with Gasteiger partial charge in [-0.15, -0.1) is 5.06 Å². The first-order chi connectivity index (χ1) is 21.2. The van der Waals surface area contributed by atoms with Crippen LogP contribution in [0.5, 0.6) is 0 Å². The number of nitrogens with one attached hydrogen (secondary N) is 1. The molecule has 0 aromatic heterocycles. The number of hydrogen-bond acceptors (Lipinski definition) is 4. The first kappa shape index (κ1) is 35.4. The van der Waals surface area contributed by atoms with E-state index in [-0.39, 0.29) is 17.7 Å². The molecule has 246 valence electrons. The maximum absolute atomic E-state index is 15.8. The third-order valence-corrected chi connectivity index (χ3v) is 8.07. The highest BCUT2D eigenvalue weighted by molar-refractivity contribution is 14.1. The summed E-state index contributed by atoms with van der Waals surface area (Å²) in [7, 11) is 0. The molecule has 18 heteroatoms. The number of amides is 2. The zero-order valence-corrected chi connectivity index (χ0v) is 26.1. The van der Waals surface area contributed by atoms with Crippen molar-refractivity contribution in [1.82, 2.24) is 0 Å². The zero-order chi connectivity index (χ0) is 34.4. The SMILES string of the molecule is O=C(Nc1c(Br)cc(C(F)(C(F)(F)F)C(F)(F)C(F)(F)F)cc1I)c1cccc(N(OC(=O)C2CC2)C(=O)c2ccccc2)c1F. The van der Waals surface area contributed by atoms with Gasteiger partial charge in [0.15, 0.2) is 5.82 Å². The molecule has 0 heterocycles. The standard InChI is InChI=1S/C28H16BrF10IN2O4/c29-17-11-15(25(31,27(34,35)36)26(32,33)28(37,38)39)12-18(40)21(17)41-22(43)16-7-4-8-19(20(16)30)42(46-24(45)14-9-10-14)23(44)13-5-2-1-3-6-13/h1-8,11-12,14H,9-10H2,(H,41,43). The molecular weight excluding hydrogens is 825 g/mol. The third kappa shape index (κ3) is 6.54. The average Bonchev–Trinajstić information content (AvgIpc) is 3.82. The number of carbonyl (C=O) groups excluding carboxylic acids is 3. The van der Waals surface area contributed by atoms with Crippen molar-refractivity contribution < 1.29 is 63.1 Å². The number of carbonyl (C=O) groups is 3. The van der Waals surface area contributed by atoms with Crippen molar-refractivity contribution >= 4 is 67.7 Å². The molecule has 1 aliphatic carbocycles. The zero-order valence-electron chi connectivity index (χ0n) is 22.4. The highest BCUT2D eigenvalue weighted by Crippen LogP contribution is 2.59. The molecule has 4 rings (SSSR count). The monoisotopic (exact) mass is 840 g/mol. The molecule has 1 atom stereocenters. The van der Waals surface area contributed by atoms with Crippen LogP contribution in [0, 0.1) is 15.3 Å². The van der Waals surface area contributed by atoms with E-state index in [4.69, 9.17) is 4.84 Å². The molecule has 1 unspecified atom stereocenters. The molecule has 0 saturated heterocycles. The van der Waals surface area contributed by atoms with Crippen molar-refractivity contribution in [2.75, 3.05) is 10.4 Å². The molecule has 0 bridgehead atoms. The molecule has 3 aromatic rings. The third-order valence-electron chi connectivity index (χ3n) is 6.60. The summed E-state index contributed by atoms with van der Waals surface area (Å²) in [6.07, 6.45) is -12.8. The fourth-order valence-electron chi connectivity index (χ4n) is 4.02. The minimum Gasteiger partial charge on any atom is -0.332 e. The van der Waals surface area contributed by atoms with Gasteiger partial charge in [-0.2, -0.15) is 35.1 Å². The fourth-order valence-corrected chi connectivity index (χ4v) is 5.71. The minimum absolute atomic E-state index is 0.0123. The van der Waals surface area contributed by atoms with E-state index in [1.165, 1.54) is 24.3 Å². The van der Waals surface area contributed by atoms with Crippen molar-refractivity contribution in [3.63, 3.8) is 0 Å². The van der Waals surface area contributed by atoms with Crippen LogP contribution in [0.4, 0.5) is 55.3 Å². The Morgan fingerprint density at radius 1 is 0.870 bits per heavy atom. The predicted molar refractivity (Wildman–Crippen MR) is 153 cm³/mol. The van der Waals surface area contributed by atoms with Crippen molar-refractivity contribution in [3.8, 4) is 0 Å². The minimum atomic E-state index is -6.95. The first-order valence-corrected chi connectivity index (χ1v) is 14.5. The number of anilines is 2. The highest BCUT2D eigenvalue weighted by Gasteiger charge is 2.81. The van der Waals surface area contributed by atoms with Crippen molar-refractivity contribution in [2.24, 2.45) is 5.92 Å². The van der Waals surface area contributed by atoms with Crippen LogP contribution in [0.15, 0.2) is 65.1 Å². The van der Waals surface area contributed by atoms with Crippen molar-refractivity contribution in [1.29, 1.82) is 0 Å². The van der Waals surface area contributed by atoms with Crippen LogP contribution < -0.4 is 10.4 Å². The van der Waals surface area contributed by atoms with Gasteiger partial charge in [-0.25, -0.2) is 13.6 Å². The number of nitrogens with zero attached hydrogens (tertiary/aromatic N) is 1. The molecule has 2 amide bonds. The quantitative estimate of drug-likeness (QED) is 0.147. The van der Waals surface area contributed by atoms with Gasteiger partial charge in [-0.1, -0.05) is 24.3 Å². The number of halogens is 12. The number of rotatable bonds is 7. The van der Waals surface area contributed by atoms with E-state index in [0.717, 1.165) is 40.8 Å². The van der Waals surface area contributed by atoms with Gasteiger partial charge in [0.25, 0.3) is 11.8 Å². The Kier molecular flexibility index (Phi) is 9.74. The van der Waals surface area contributed by atoms with Gasteiger partial charge in [-0.3, -0.25) is 9.59 Å². The molecule has 0 radical (unpaired) electrons. The lowest BCUT2D eigenvalue weighted by Crippen LogP contribution is -2.59. The van der Waals surface area contributed by atoms with Gasteiger partial charge >= 0.3 is 29.9 Å². The van der Waals surface area contributed by atoms with Crippen LogP contribution in [0.1, 0.15) is 39.1 Å². The van der Waals surface area contributed by atoms with E-state index in [0.29, 0.717) is 17.9 Å². The van der Waals surface area contributed by atoms with Gasteiger partial charge < -0.3 is 10.2 Å². The van der Waals surface area contributed by atoms with Gasteiger partial charge in [0.1, 0.15) is 5.69 Å². The molecular formula is C28H16BrF10IN2O4. The smallest absolute Gasteiger partial charge is 0.332 e. The number of hydrogen-bond donors (Lipinski definition) is 1. The second-order valence-electron chi connectivity index (χ2n) is 9.79. The largest absolute Gasteiger partial charge is 0.457 e. The van der Waals surface area contributed by atoms with Crippen molar-refractivity contribution in [2.45, 2.75) is 36.8 Å². The average molecular weight is 841 g/mol. The Morgan fingerprint density at radius 3 is 2.00 bits per heavy atom. The van der Waals surface area contributed by atoms with Crippen LogP contribution in [0.2, 0.25) is 0 Å². The Labute approximate surface area is 274 Å². The molecule has 46 heavy (non-hydrogen) atoms. The lowest BCUT2D eigenvalue weighted by atomic mass is 9.87. The number of hydroxylamine groups is 1. The van der Waals surface area contributed by atoms with Crippen molar-refractivity contribution in [3.05, 3.63) is 91.2 Å². The normalized spacial score (nSPS) is 15.1. The van der Waals surface area contributed by atoms with E-state index >= 15 is 8.78 Å². The molecule has 1 saturated carbocycles. The molecule has 6 nitrogen and oxygen atoms in total. The number of benzene rings is 3. The topological polar surface area (TPSA) is 75.7 Å². The summed E-state index contributed by atoms with van der Waals surface area (Å²) in [5.74, 6) is -12.1. The molecule has 1 N–H and O–H groups in total. The number of alkyl halides is 9. The summed E-state index contributed by atoms with van der Waals surface area (Å²) in [4.78, 5) is 43.9. The molecule has 0 aliphatic heterocycles. The molecule has 3 aromatic carbocycles. The Hall–Kier alpha value is -3.42. The molecule has 1 aliphatic rings. The lowest BCUT2D eigenvalue weighted by Gasteiger charge is -2.36. The van der Waals surface area contributed by atoms with E-state index in [9.17, 15) is 49.5 Å². The Bertz CT molecular complexity index is 1660. The fraction of sp³-hybridized carbons (Fsp3) is 0.250. The maximum Gasteiger partial charge on any atom is 0.457 e. The van der Waals surface area contributed by atoms with E-state index in [2.05, 4.69) is 21.2 Å². The molecule has 0 spiro atoms. The summed E-state index contributed by atoms with van der Waals surface area (Å²) in [6, 6.07) is 10.2. The van der Waals surface area contributed by atoms with E-state index < -0.39 is 84.0 Å². The van der Waals surface area contributed by atoms with Gasteiger partial charge in [0, 0.05) is 19.2 Å². The summed E-state index contributed by atoms with van der Waals surface area (Å²) in [6.45, 7) is 0. The summed E-state index contributed by atoms with van der Waals surface area (Å²) < 4.78 is 137. The van der Waals surface area contributed by atoms with Gasteiger partial charge in [0.2, 0.25) is 0 Å². The Morgan fingerprint density at radius 2 is 1.48 bits per heavy atom. The highest BCUT2D eigenvalue weighted by atomic mass is 127.